The van der Waals surface area contributed by atoms with Crippen molar-refractivity contribution in [3.05, 3.63) is 0 Å². The number of phosphoric acid groups is 3. The molecule has 104 valence electrons. The Morgan fingerprint density at radius 1 is 0.667 bits per heavy atom. The summed E-state index contributed by atoms with van der Waals surface area (Å²) in [6, 6.07) is 0. The van der Waals surface area contributed by atoms with E-state index in [0.717, 1.165) is 0 Å². The Hall–Kier alpha value is 2.22. The van der Waals surface area contributed by atoms with Gasteiger partial charge < -0.3 is 53.2 Å². The second kappa shape index (κ2) is 15.6. The van der Waals surface area contributed by atoms with Crippen LogP contribution >= 0.6 is 23.5 Å². The van der Waals surface area contributed by atoms with Crippen LogP contribution in [0.4, 0.5) is 0 Å². The molecule has 0 rings (SSSR count). The van der Waals surface area contributed by atoms with Gasteiger partial charge in [0.05, 0.1) is 0 Å². The fourth-order valence-corrected chi connectivity index (χ4v) is 0. The molecular formula is H2LiNiO12P3Sn. The van der Waals surface area contributed by atoms with Gasteiger partial charge in [-0.25, -0.2) is 0 Å². The molecule has 0 aliphatic rings. The van der Waals surface area contributed by atoms with Crippen molar-refractivity contribution in [1.82, 2.24) is 0 Å². The van der Waals surface area contributed by atoms with Crippen molar-refractivity contribution in [3.63, 3.8) is 0 Å². The molecule has 0 aromatic heterocycles. The van der Waals surface area contributed by atoms with Crippen molar-refractivity contribution in [1.29, 1.82) is 0 Å². The van der Waals surface area contributed by atoms with E-state index in [1.807, 2.05) is 0 Å². The first-order valence-electron chi connectivity index (χ1n) is 2.23. The summed E-state index contributed by atoms with van der Waals surface area (Å²) in [5.41, 5.74) is 0. The van der Waals surface area contributed by atoms with Gasteiger partial charge in [-0.15, -0.1) is 0 Å². The molecule has 0 saturated heterocycles. The van der Waals surface area contributed by atoms with Gasteiger partial charge in [0.25, 0.3) is 7.82 Å². The summed E-state index contributed by atoms with van der Waals surface area (Å²) in [4.78, 5) is 74.2. The monoisotopic (exact) mass is 472 g/mol. The van der Waals surface area contributed by atoms with Gasteiger partial charge in [0, 0.05) is 0 Å². The van der Waals surface area contributed by atoms with Crippen LogP contribution in [0.5, 0.6) is 0 Å². The maximum absolute atomic E-state index is 8.77. The van der Waals surface area contributed by atoms with Crippen LogP contribution in [0.15, 0.2) is 0 Å². The quantitative estimate of drug-likeness (QED) is 0.247. The SMILES string of the molecule is O=P([O-])(O)O.O=P([O-])([O-])[O-].O=P([O-])([O-])[O-].[Li+].[Ni+2].[Sn+4]. The summed E-state index contributed by atoms with van der Waals surface area (Å²) in [6.07, 6.45) is 0. The number of rotatable bonds is 0. The molecule has 0 bridgehead atoms. The van der Waals surface area contributed by atoms with Gasteiger partial charge in [-0.3, -0.25) is 4.57 Å². The molecular weight excluding hydrogens is 469 g/mol. The van der Waals surface area contributed by atoms with E-state index in [1.54, 1.807) is 0 Å². The Morgan fingerprint density at radius 2 is 0.667 bits per heavy atom. The molecule has 18 heteroatoms. The Kier molecular flexibility index (Phi) is 32.0. The predicted molar refractivity (Wildman–Crippen MR) is 33.0 cm³/mol. The fraction of sp³-hybridized carbons (Fsp3) is 0. The van der Waals surface area contributed by atoms with Crippen LogP contribution in [0, 0.1) is 0 Å². The molecule has 0 radical (unpaired) electrons. The molecule has 0 heterocycles. The van der Waals surface area contributed by atoms with E-state index in [9.17, 15) is 0 Å². The zero-order valence-electron chi connectivity index (χ0n) is 8.13. The van der Waals surface area contributed by atoms with Gasteiger partial charge >= 0.3 is 59.3 Å². The third-order valence-electron chi connectivity index (χ3n) is 0. The molecule has 0 amide bonds. The van der Waals surface area contributed by atoms with E-state index in [2.05, 4.69) is 0 Å². The van der Waals surface area contributed by atoms with Crippen LogP contribution in [0.2, 0.25) is 0 Å². The van der Waals surface area contributed by atoms with Crippen molar-refractivity contribution >= 4 is 47.4 Å². The van der Waals surface area contributed by atoms with Gasteiger partial charge in [0.1, 0.15) is 0 Å². The molecule has 0 saturated carbocycles. The summed E-state index contributed by atoms with van der Waals surface area (Å²) >= 11 is 0. The first kappa shape index (κ1) is 36.9. The smallest absolute Gasteiger partial charge is 0.822 e. The maximum atomic E-state index is 8.77. The van der Waals surface area contributed by atoms with E-state index in [1.165, 1.54) is 0 Å². The van der Waals surface area contributed by atoms with Crippen LogP contribution in [-0.2, 0) is 30.2 Å². The van der Waals surface area contributed by atoms with Crippen molar-refractivity contribution in [2.75, 3.05) is 0 Å². The average Bonchev–Trinajstić information content (AvgIpc) is 1.41. The summed E-state index contributed by atoms with van der Waals surface area (Å²) < 4.78 is 25.9. The van der Waals surface area contributed by atoms with Crippen molar-refractivity contribution in [3.8, 4) is 0 Å². The molecule has 0 fully saturated rings. The third kappa shape index (κ3) is 1100. The Balaban J connectivity index is -0.0000000277. The van der Waals surface area contributed by atoms with E-state index in [4.69, 9.17) is 57.7 Å². The zero-order chi connectivity index (χ0) is 13.5. The van der Waals surface area contributed by atoms with Gasteiger partial charge in [0.15, 0.2) is 0 Å². The third-order valence-corrected chi connectivity index (χ3v) is 0. The molecule has 0 atom stereocenters. The Labute approximate surface area is 140 Å². The molecule has 0 spiro atoms. The molecule has 18 heavy (non-hydrogen) atoms. The Bertz CT molecular complexity index is 213. The van der Waals surface area contributed by atoms with E-state index < -0.39 is 23.5 Å². The van der Waals surface area contributed by atoms with Crippen LogP contribution in [0.25, 0.3) is 0 Å². The molecule has 12 nitrogen and oxygen atoms in total. The standard InChI is InChI=1S/Li.Ni.3H3O4P.Sn/c;;3*1-5(2,3)4;/h;;3*(H3,1,2,3,4);/q+1;+2;;;;+4/p-7. The fourth-order valence-electron chi connectivity index (χ4n) is 0. The molecule has 0 unspecified atom stereocenters. The first-order chi connectivity index (χ1) is 6.00. The summed E-state index contributed by atoms with van der Waals surface area (Å²) in [7, 11) is -15.7. The molecule has 0 aliphatic carbocycles. The van der Waals surface area contributed by atoms with Crippen LogP contribution < -0.4 is 53.1 Å². The molecule has 2 N–H and O–H groups in total. The van der Waals surface area contributed by atoms with Crippen molar-refractivity contribution in [2.45, 2.75) is 0 Å². The van der Waals surface area contributed by atoms with E-state index in [0.29, 0.717) is 0 Å². The molecule has 0 aromatic carbocycles. The molecule has 0 aromatic rings. The van der Waals surface area contributed by atoms with Crippen molar-refractivity contribution < 1.29 is 93.1 Å². The second-order valence-electron chi connectivity index (χ2n) is 1.39. The number of hydrogen-bond acceptors (Lipinski definition) is 10. The van der Waals surface area contributed by atoms with Crippen LogP contribution in [0.3, 0.4) is 0 Å². The summed E-state index contributed by atoms with van der Waals surface area (Å²) in [5, 5.41) is 0. The molecule has 0 aliphatic heterocycles. The number of hydrogen-bond donors (Lipinski definition) is 2. The largest absolute Gasteiger partial charge is 4.00 e. The zero-order valence-corrected chi connectivity index (χ0v) is 14.7. The van der Waals surface area contributed by atoms with Crippen molar-refractivity contribution in [2.24, 2.45) is 0 Å². The van der Waals surface area contributed by atoms with E-state index in [-0.39, 0.29) is 59.3 Å². The second-order valence-corrected chi connectivity index (χ2v) is 4.16. The minimum absolute atomic E-state index is 0. The van der Waals surface area contributed by atoms with Crippen LogP contribution in [-0.4, -0.2) is 33.7 Å². The van der Waals surface area contributed by atoms with E-state index >= 15 is 0 Å². The normalized spacial score (nSPS) is 9.83. The van der Waals surface area contributed by atoms with Gasteiger partial charge in [-0.05, 0) is 0 Å². The summed E-state index contributed by atoms with van der Waals surface area (Å²) in [5.74, 6) is 0. The minimum atomic E-state index is -5.39. The Morgan fingerprint density at radius 3 is 0.667 bits per heavy atom. The first-order valence-corrected chi connectivity index (χ1v) is 6.68. The van der Waals surface area contributed by atoms with Gasteiger partial charge in [-0.2, -0.15) is 15.6 Å². The van der Waals surface area contributed by atoms with Gasteiger partial charge in [0.2, 0.25) is 0 Å². The summed E-state index contributed by atoms with van der Waals surface area (Å²) in [6.45, 7) is 0. The van der Waals surface area contributed by atoms with Gasteiger partial charge in [-0.1, -0.05) is 0 Å². The van der Waals surface area contributed by atoms with Crippen LogP contribution in [0.1, 0.15) is 0 Å². The minimum Gasteiger partial charge on any atom is -0.822 e. The topological polar surface area (TPSA) is 253 Å². The predicted octanol–water partition coefficient (Wildman–Crippen LogP) is -10.6. The average molecular weight is 471 g/mol. The maximum Gasteiger partial charge on any atom is 4.00 e.